The Bertz CT molecular complexity index is 1510. The molecule has 4 aromatic rings. The van der Waals surface area contributed by atoms with E-state index in [-0.39, 0.29) is 12.1 Å². The van der Waals surface area contributed by atoms with Gasteiger partial charge in [-0.1, -0.05) is 24.1 Å². The maximum atomic E-state index is 13.5. The molecule has 1 fully saturated rings. The van der Waals surface area contributed by atoms with Crippen molar-refractivity contribution in [3.05, 3.63) is 58.1 Å². The van der Waals surface area contributed by atoms with Crippen LogP contribution in [0, 0.1) is 23.2 Å². The van der Waals surface area contributed by atoms with Crippen molar-refractivity contribution in [1.29, 1.82) is 5.26 Å². The maximum absolute atomic E-state index is 13.5. The van der Waals surface area contributed by atoms with E-state index < -0.39 is 0 Å². The fourth-order valence-corrected chi connectivity index (χ4v) is 4.12. The number of piperazine rings is 1. The van der Waals surface area contributed by atoms with Crippen molar-refractivity contribution in [2.45, 2.75) is 20.0 Å². The summed E-state index contributed by atoms with van der Waals surface area (Å²) >= 11 is 0. The molecule has 164 valence electrons. The highest BCUT2D eigenvalue weighted by atomic mass is 16.1. The minimum atomic E-state index is -0.280. The van der Waals surface area contributed by atoms with Gasteiger partial charge in [-0.3, -0.25) is 9.36 Å². The van der Waals surface area contributed by atoms with Gasteiger partial charge in [-0.25, -0.2) is 14.6 Å². The van der Waals surface area contributed by atoms with E-state index >= 15 is 0 Å². The van der Waals surface area contributed by atoms with Crippen molar-refractivity contribution in [1.82, 2.24) is 29.6 Å². The summed E-state index contributed by atoms with van der Waals surface area (Å²) in [5, 5.41) is 18.2. The minimum absolute atomic E-state index is 0.0934. The molecule has 0 amide bonds. The van der Waals surface area contributed by atoms with Gasteiger partial charge in [0, 0.05) is 31.6 Å². The zero-order chi connectivity index (χ0) is 22.8. The van der Waals surface area contributed by atoms with Crippen LogP contribution in [0.3, 0.4) is 0 Å². The molecule has 3 aromatic heterocycles. The van der Waals surface area contributed by atoms with Crippen LogP contribution in [0.1, 0.15) is 18.2 Å². The van der Waals surface area contributed by atoms with Gasteiger partial charge in [0.05, 0.1) is 36.1 Å². The summed E-state index contributed by atoms with van der Waals surface area (Å²) in [6, 6.07) is 11.6. The Morgan fingerprint density at radius 1 is 1.15 bits per heavy atom. The third-order valence-electron chi connectivity index (χ3n) is 5.77. The standard InChI is InChI=1S/C24H22N8O/c1-2-3-10-31-22-20(29-24(31)30-11-8-26-9-12-30)15-27-32(23(22)33)16-21-18(14-25)13-17-6-4-5-7-19(17)28-21/h4-7,13,15,26H,8-12,16H2,1H3. The first-order chi connectivity index (χ1) is 16.2. The van der Waals surface area contributed by atoms with Crippen LogP contribution in [0.15, 0.2) is 41.3 Å². The highest BCUT2D eigenvalue weighted by Gasteiger charge is 2.22. The predicted octanol–water partition coefficient (Wildman–Crippen LogP) is 1.49. The van der Waals surface area contributed by atoms with Crippen LogP contribution in [0.5, 0.6) is 0 Å². The Labute approximate surface area is 190 Å². The molecule has 0 saturated carbocycles. The molecule has 0 radical (unpaired) electrons. The number of para-hydroxylation sites is 1. The summed E-state index contributed by atoms with van der Waals surface area (Å²) in [5.41, 5.74) is 2.42. The summed E-state index contributed by atoms with van der Waals surface area (Å²) in [6.07, 6.45) is 1.60. The second kappa shape index (κ2) is 8.73. The maximum Gasteiger partial charge on any atom is 0.293 e. The van der Waals surface area contributed by atoms with Crippen molar-refractivity contribution < 1.29 is 0 Å². The topological polar surface area (TPSA) is 105 Å². The number of hydrogen-bond donors (Lipinski definition) is 1. The van der Waals surface area contributed by atoms with Gasteiger partial charge >= 0.3 is 0 Å². The van der Waals surface area contributed by atoms with E-state index in [0.717, 1.165) is 43.0 Å². The van der Waals surface area contributed by atoms with Crippen LogP contribution in [0.25, 0.3) is 21.9 Å². The second-order valence-electron chi connectivity index (χ2n) is 7.79. The van der Waals surface area contributed by atoms with Crippen LogP contribution < -0.4 is 15.8 Å². The number of nitriles is 1. The smallest absolute Gasteiger partial charge is 0.293 e. The molecule has 1 aliphatic heterocycles. The highest BCUT2D eigenvalue weighted by Crippen LogP contribution is 2.21. The minimum Gasteiger partial charge on any atom is -0.340 e. The molecule has 5 rings (SSSR count). The summed E-state index contributed by atoms with van der Waals surface area (Å²) < 4.78 is 3.22. The first-order valence-electron chi connectivity index (χ1n) is 10.8. The number of fused-ring (bicyclic) bond motifs is 2. The molecule has 4 heterocycles. The Kier molecular flexibility index (Phi) is 5.47. The number of hydrogen-bond acceptors (Lipinski definition) is 7. The Hall–Kier alpha value is -4.21. The molecule has 1 aliphatic rings. The fourth-order valence-electron chi connectivity index (χ4n) is 4.12. The van der Waals surface area contributed by atoms with Crippen molar-refractivity contribution in [2.75, 3.05) is 31.1 Å². The summed E-state index contributed by atoms with van der Waals surface area (Å²) in [5.74, 6) is 6.70. The van der Waals surface area contributed by atoms with E-state index in [1.807, 2.05) is 28.8 Å². The monoisotopic (exact) mass is 438 g/mol. The van der Waals surface area contributed by atoms with Crippen LogP contribution in [-0.4, -0.2) is 50.5 Å². The Morgan fingerprint density at radius 2 is 1.97 bits per heavy atom. The molecule has 0 aliphatic carbocycles. The van der Waals surface area contributed by atoms with E-state index in [0.29, 0.717) is 28.8 Å². The van der Waals surface area contributed by atoms with E-state index in [2.05, 4.69) is 38.2 Å². The SMILES string of the molecule is CC#CCn1c(N2CCNCC2)nc2cnn(Cc3nc4ccccc4cc3C#N)c(=O)c21. The van der Waals surface area contributed by atoms with Gasteiger partial charge in [-0.05, 0) is 19.1 Å². The van der Waals surface area contributed by atoms with Gasteiger partial charge < -0.3 is 10.2 Å². The second-order valence-corrected chi connectivity index (χ2v) is 7.79. The summed E-state index contributed by atoms with van der Waals surface area (Å²) in [6.45, 7) is 5.55. The van der Waals surface area contributed by atoms with Crippen molar-refractivity contribution in [3.63, 3.8) is 0 Å². The number of anilines is 1. The van der Waals surface area contributed by atoms with Gasteiger partial charge in [-0.2, -0.15) is 10.4 Å². The zero-order valence-electron chi connectivity index (χ0n) is 18.2. The Balaban J connectivity index is 1.62. The van der Waals surface area contributed by atoms with Crippen LogP contribution in [0.4, 0.5) is 5.95 Å². The number of rotatable bonds is 4. The molecule has 0 spiro atoms. The molecule has 0 unspecified atom stereocenters. The van der Waals surface area contributed by atoms with Gasteiger partial charge in [0.15, 0.2) is 0 Å². The average Bonchev–Trinajstić information content (AvgIpc) is 3.23. The third-order valence-corrected chi connectivity index (χ3v) is 5.77. The average molecular weight is 438 g/mol. The molecule has 9 heteroatoms. The van der Waals surface area contributed by atoms with E-state index in [9.17, 15) is 10.1 Å². The molecule has 1 saturated heterocycles. The molecule has 0 bridgehead atoms. The van der Waals surface area contributed by atoms with E-state index in [1.165, 1.54) is 4.68 Å². The highest BCUT2D eigenvalue weighted by molar-refractivity contribution is 5.80. The van der Waals surface area contributed by atoms with Crippen molar-refractivity contribution in [3.8, 4) is 17.9 Å². The van der Waals surface area contributed by atoms with Crippen LogP contribution in [0.2, 0.25) is 0 Å². The number of nitrogens with one attached hydrogen (secondary N) is 1. The first kappa shape index (κ1) is 20.7. The third kappa shape index (κ3) is 3.79. The Morgan fingerprint density at radius 3 is 2.76 bits per heavy atom. The van der Waals surface area contributed by atoms with Gasteiger partial charge in [0.25, 0.3) is 5.56 Å². The van der Waals surface area contributed by atoms with Crippen molar-refractivity contribution in [2.24, 2.45) is 0 Å². The number of benzene rings is 1. The molecule has 1 N–H and O–H groups in total. The lowest BCUT2D eigenvalue weighted by Crippen LogP contribution is -2.44. The van der Waals surface area contributed by atoms with E-state index in [4.69, 9.17) is 4.98 Å². The molecule has 9 nitrogen and oxygen atoms in total. The zero-order valence-corrected chi connectivity index (χ0v) is 18.2. The number of nitrogens with zero attached hydrogens (tertiary/aromatic N) is 7. The molecular weight excluding hydrogens is 416 g/mol. The summed E-state index contributed by atoms with van der Waals surface area (Å²) in [4.78, 5) is 25.0. The normalized spacial score (nSPS) is 13.6. The van der Waals surface area contributed by atoms with E-state index in [1.54, 1.807) is 19.2 Å². The number of pyridine rings is 1. The van der Waals surface area contributed by atoms with Gasteiger partial charge in [-0.15, -0.1) is 5.92 Å². The first-order valence-corrected chi connectivity index (χ1v) is 10.8. The van der Waals surface area contributed by atoms with Crippen LogP contribution >= 0.6 is 0 Å². The molecular formula is C24H22N8O. The largest absolute Gasteiger partial charge is 0.340 e. The molecule has 1 aromatic carbocycles. The lowest BCUT2D eigenvalue weighted by Gasteiger charge is -2.28. The molecule has 33 heavy (non-hydrogen) atoms. The lowest BCUT2D eigenvalue weighted by atomic mass is 10.1. The van der Waals surface area contributed by atoms with Crippen LogP contribution in [-0.2, 0) is 13.1 Å². The lowest BCUT2D eigenvalue weighted by molar-refractivity contribution is 0.572. The van der Waals surface area contributed by atoms with Gasteiger partial charge in [0.1, 0.15) is 17.1 Å². The number of imidazole rings is 1. The molecule has 0 atom stereocenters. The quantitative estimate of drug-likeness (QED) is 0.482. The fraction of sp³-hybridized carbons (Fsp3) is 0.292. The number of aromatic nitrogens is 5. The van der Waals surface area contributed by atoms with Gasteiger partial charge in [0.2, 0.25) is 5.95 Å². The predicted molar refractivity (Wildman–Crippen MR) is 126 cm³/mol. The van der Waals surface area contributed by atoms with Crippen molar-refractivity contribution >= 4 is 27.9 Å². The summed E-state index contributed by atoms with van der Waals surface area (Å²) in [7, 11) is 0.